The number of unbranched alkanes of at least 4 members (excludes halogenated alkanes) is 1. The van der Waals surface area contributed by atoms with Crippen molar-refractivity contribution in [3.63, 3.8) is 0 Å². The van der Waals surface area contributed by atoms with Gasteiger partial charge in [-0.3, -0.25) is 4.79 Å². The molecule has 1 N–H and O–H groups in total. The van der Waals surface area contributed by atoms with E-state index in [4.69, 9.17) is 10.00 Å². The summed E-state index contributed by atoms with van der Waals surface area (Å²) in [7, 11) is 1.28. The summed E-state index contributed by atoms with van der Waals surface area (Å²) in [6.45, 7) is 0.979. The summed E-state index contributed by atoms with van der Waals surface area (Å²) in [6, 6.07) is 1.33. The number of methoxy groups -OCH3 is 1. The Morgan fingerprint density at radius 3 is 2.94 bits per heavy atom. The van der Waals surface area contributed by atoms with E-state index in [1.54, 1.807) is 0 Å². The van der Waals surface area contributed by atoms with Gasteiger partial charge in [0.15, 0.2) is 0 Å². The van der Waals surface area contributed by atoms with Crippen LogP contribution in [0, 0.1) is 17.2 Å². The van der Waals surface area contributed by atoms with Crippen LogP contribution in [0.4, 0.5) is 0 Å². The Balaban J connectivity index is 2.46. The van der Waals surface area contributed by atoms with Crippen molar-refractivity contribution in [2.75, 3.05) is 20.3 Å². The third kappa shape index (κ3) is 4.34. The van der Waals surface area contributed by atoms with Gasteiger partial charge >= 0.3 is 5.97 Å². The van der Waals surface area contributed by atoms with Crippen LogP contribution in [-0.2, 0) is 19.1 Å². The molecular weight excluding hydrogens is 236 g/mol. The first-order valence-electron chi connectivity index (χ1n) is 6.02. The predicted octanol–water partition coefficient (Wildman–Crippen LogP) is 0.375. The Labute approximate surface area is 106 Å². The number of ether oxygens (including phenoxy) is 2. The zero-order chi connectivity index (χ0) is 13.4. The van der Waals surface area contributed by atoms with Crippen LogP contribution in [-0.4, -0.2) is 38.2 Å². The number of rotatable bonds is 6. The Morgan fingerprint density at radius 2 is 2.39 bits per heavy atom. The normalized spacial score (nSPS) is 19.9. The van der Waals surface area contributed by atoms with Crippen LogP contribution in [0.25, 0.3) is 0 Å². The average Bonchev–Trinajstić information content (AvgIpc) is 2.90. The van der Waals surface area contributed by atoms with E-state index in [0.717, 1.165) is 0 Å². The van der Waals surface area contributed by atoms with Gasteiger partial charge in [-0.15, -0.1) is 0 Å². The molecule has 2 atom stereocenters. The maximum absolute atomic E-state index is 11.8. The molecule has 0 aromatic rings. The van der Waals surface area contributed by atoms with E-state index in [9.17, 15) is 9.59 Å². The molecule has 6 heteroatoms. The summed E-state index contributed by atoms with van der Waals surface area (Å²) in [4.78, 5) is 23.4. The first-order valence-corrected chi connectivity index (χ1v) is 6.02. The van der Waals surface area contributed by atoms with E-state index in [2.05, 4.69) is 10.1 Å². The molecule has 0 saturated carbocycles. The van der Waals surface area contributed by atoms with Gasteiger partial charge in [0.2, 0.25) is 5.91 Å². The van der Waals surface area contributed by atoms with Gasteiger partial charge in [0.25, 0.3) is 0 Å². The fraction of sp³-hybridized carbons (Fsp3) is 0.750. The highest BCUT2D eigenvalue weighted by Gasteiger charge is 2.28. The molecule has 1 aliphatic rings. The van der Waals surface area contributed by atoms with E-state index in [-0.39, 0.29) is 11.8 Å². The minimum absolute atomic E-state index is 0.181. The second kappa shape index (κ2) is 7.67. The van der Waals surface area contributed by atoms with Gasteiger partial charge < -0.3 is 14.8 Å². The third-order valence-electron chi connectivity index (χ3n) is 2.88. The molecule has 1 aliphatic heterocycles. The minimum Gasteiger partial charge on any atom is -0.467 e. The quantitative estimate of drug-likeness (QED) is 0.546. The van der Waals surface area contributed by atoms with Crippen molar-refractivity contribution < 1.29 is 19.1 Å². The molecule has 0 bridgehead atoms. The maximum Gasteiger partial charge on any atom is 0.328 e. The first-order chi connectivity index (χ1) is 8.69. The number of amides is 1. The van der Waals surface area contributed by atoms with Gasteiger partial charge in [-0.1, -0.05) is 0 Å². The van der Waals surface area contributed by atoms with Crippen molar-refractivity contribution in [1.82, 2.24) is 5.32 Å². The summed E-state index contributed by atoms with van der Waals surface area (Å²) in [5.41, 5.74) is 0. The van der Waals surface area contributed by atoms with Gasteiger partial charge in [0.05, 0.1) is 25.7 Å². The lowest BCUT2D eigenvalue weighted by Crippen LogP contribution is -2.44. The number of nitrogens with zero attached hydrogens (tertiary/aromatic N) is 1. The van der Waals surface area contributed by atoms with Gasteiger partial charge in [0, 0.05) is 13.0 Å². The highest BCUT2D eigenvalue weighted by Crippen LogP contribution is 2.13. The molecule has 1 amide bonds. The molecule has 6 nitrogen and oxygen atoms in total. The number of nitrogens with one attached hydrogen (secondary N) is 1. The third-order valence-corrected chi connectivity index (χ3v) is 2.88. The lowest BCUT2D eigenvalue weighted by Gasteiger charge is -2.17. The number of carbonyl (C=O) groups excluding carboxylic acids is 2. The lowest BCUT2D eigenvalue weighted by atomic mass is 10.1. The molecule has 100 valence electrons. The average molecular weight is 254 g/mol. The van der Waals surface area contributed by atoms with Crippen LogP contribution >= 0.6 is 0 Å². The minimum atomic E-state index is -0.670. The smallest absolute Gasteiger partial charge is 0.328 e. The number of esters is 1. The highest BCUT2D eigenvalue weighted by molar-refractivity contribution is 5.85. The van der Waals surface area contributed by atoms with Crippen LogP contribution in [0.1, 0.15) is 25.7 Å². The maximum atomic E-state index is 11.8. The first kappa shape index (κ1) is 14.5. The van der Waals surface area contributed by atoms with E-state index in [1.165, 1.54) is 7.11 Å². The molecule has 0 aromatic heterocycles. The summed E-state index contributed by atoms with van der Waals surface area (Å²) < 4.78 is 9.76. The Kier molecular flexibility index (Phi) is 6.15. The Morgan fingerprint density at radius 1 is 1.61 bits per heavy atom. The molecular formula is C12H18N2O4. The van der Waals surface area contributed by atoms with E-state index < -0.39 is 12.0 Å². The number of nitriles is 1. The number of hydrogen-bond donors (Lipinski definition) is 1. The molecule has 0 unspecified atom stereocenters. The fourth-order valence-corrected chi connectivity index (χ4v) is 1.81. The summed E-state index contributed by atoms with van der Waals surface area (Å²) >= 11 is 0. The zero-order valence-electron chi connectivity index (χ0n) is 10.5. The molecule has 1 heterocycles. The van der Waals surface area contributed by atoms with Crippen molar-refractivity contribution in [3.8, 4) is 6.07 Å². The van der Waals surface area contributed by atoms with Gasteiger partial charge in [-0.25, -0.2) is 4.79 Å². The molecule has 1 fully saturated rings. The van der Waals surface area contributed by atoms with Crippen LogP contribution in [0.5, 0.6) is 0 Å². The fourth-order valence-electron chi connectivity index (χ4n) is 1.81. The molecule has 18 heavy (non-hydrogen) atoms. The highest BCUT2D eigenvalue weighted by atomic mass is 16.5. The van der Waals surface area contributed by atoms with Gasteiger partial charge in [-0.05, 0) is 19.3 Å². The molecule has 1 rings (SSSR count). The summed E-state index contributed by atoms with van der Waals surface area (Å²) in [5, 5.41) is 11.1. The summed E-state index contributed by atoms with van der Waals surface area (Å²) in [5.74, 6) is -0.840. The molecule has 0 aromatic carbocycles. The summed E-state index contributed by atoms with van der Waals surface area (Å²) in [6.07, 6.45) is 2.01. The van der Waals surface area contributed by atoms with Crippen LogP contribution in [0.3, 0.4) is 0 Å². The SMILES string of the molecule is COC(=O)[C@H](CCCC#N)NC(=O)[C@@H]1CCOC1. The monoisotopic (exact) mass is 254 g/mol. The Bertz CT molecular complexity index is 331. The lowest BCUT2D eigenvalue weighted by molar-refractivity contribution is -0.145. The Hall–Kier alpha value is -1.61. The van der Waals surface area contributed by atoms with Crippen molar-refractivity contribution in [2.24, 2.45) is 5.92 Å². The molecule has 0 spiro atoms. The molecule has 0 aliphatic carbocycles. The van der Waals surface area contributed by atoms with E-state index >= 15 is 0 Å². The standard InChI is InChI=1S/C12H18N2O4/c1-17-12(16)10(4-2-3-6-13)14-11(15)9-5-7-18-8-9/h9-10H,2-5,7-8H2,1H3,(H,14,15)/t9-,10+/m1/s1. The number of hydrogen-bond acceptors (Lipinski definition) is 5. The van der Waals surface area contributed by atoms with E-state index in [0.29, 0.717) is 38.9 Å². The second-order valence-corrected chi connectivity index (χ2v) is 4.20. The zero-order valence-corrected chi connectivity index (χ0v) is 10.5. The van der Waals surface area contributed by atoms with Crippen LogP contribution in [0.2, 0.25) is 0 Å². The molecule has 0 radical (unpaired) electrons. The van der Waals surface area contributed by atoms with Gasteiger partial charge in [-0.2, -0.15) is 5.26 Å². The van der Waals surface area contributed by atoms with Crippen molar-refractivity contribution in [3.05, 3.63) is 0 Å². The van der Waals surface area contributed by atoms with E-state index in [1.807, 2.05) is 6.07 Å². The number of carbonyl (C=O) groups is 2. The largest absolute Gasteiger partial charge is 0.467 e. The van der Waals surface area contributed by atoms with Crippen LogP contribution in [0.15, 0.2) is 0 Å². The van der Waals surface area contributed by atoms with Crippen molar-refractivity contribution in [1.29, 1.82) is 5.26 Å². The topological polar surface area (TPSA) is 88.4 Å². The van der Waals surface area contributed by atoms with Crippen LogP contribution < -0.4 is 5.32 Å². The van der Waals surface area contributed by atoms with Crippen molar-refractivity contribution in [2.45, 2.75) is 31.7 Å². The molecule has 1 saturated heterocycles. The second-order valence-electron chi connectivity index (χ2n) is 4.20. The van der Waals surface area contributed by atoms with Crippen molar-refractivity contribution >= 4 is 11.9 Å². The van der Waals surface area contributed by atoms with Gasteiger partial charge in [0.1, 0.15) is 6.04 Å². The predicted molar refractivity (Wildman–Crippen MR) is 62.3 cm³/mol.